The topological polar surface area (TPSA) is 101 Å². The molecule has 2 aromatic rings. The summed E-state index contributed by atoms with van der Waals surface area (Å²) in [5.41, 5.74) is 1.10. The number of para-hydroxylation sites is 1. The number of nitrogens with one attached hydrogen (secondary N) is 1. The Morgan fingerprint density at radius 3 is 2.76 bits per heavy atom. The first-order chi connectivity index (χ1) is 12.1. The van der Waals surface area contributed by atoms with E-state index in [2.05, 4.69) is 14.9 Å². The van der Waals surface area contributed by atoms with Crippen molar-refractivity contribution in [2.45, 2.75) is 17.5 Å². The summed E-state index contributed by atoms with van der Waals surface area (Å²) in [5, 5.41) is 11.5. The van der Waals surface area contributed by atoms with Crippen molar-refractivity contribution in [2.24, 2.45) is 0 Å². The molecule has 1 fully saturated rings. The molecule has 25 heavy (non-hydrogen) atoms. The van der Waals surface area contributed by atoms with Gasteiger partial charge in [0.25, 0.3) is 11.2 Å². The number of benzene rings is 1. The quantitative estimate of drug-likeness (QED) is 0.362. The van der Waals surface area contributed by atoms with Gasteiger partial charge in [0.2, 0.25) is 0 Å². The molecule has 1 saturated heterocycles. The van der Waals surface area contributed by atoms with E-state index in [1.165, 1.54) is 17.8 Å². The zero-order valence-electron chi connectivity index (χ0n) is 13.5. The first kappa shape index (κ1) is 17.6. The predicted molar refractivity (Wildman–Crippen MR) is 93.6 cm³/mol. The van der Waals surface area contributed by atoms with Crippen LogP contribution in [0.15, 0.2) is 40.4 Å². The molecule has 2 heterocycles. The van der Waals surface area contributed by atoms with Crippen molar-refractivity contribution in [2.75, 3.05) is 26.3 Å². The van der Waals surface area contributed by atoms with Crippen LogP contribution in [-0.4, -0.2) is 46.1 Å². The second-order valence-corrected chi connectivity index (χ2v) is 6.57. The van der Waals surface area contributed by atoms with Crippen molar-refractivity contribution in [3.63, 3.8) is 0 Å². The minimum atomic E-state index is -0.405. The average Bonchev–Trinajstić information content (AvgIpc) is 2.63. The van der Waals surface area contributed by atoms with Gasteiger partial charge >= 0.3 is 0 Å². The summed E-state index contributed by atoms with van der Waals surface area (Å²) in [6.45, 7) is 3.49. The molecule has 1 N–H and O–H groups in total. The zero-order chi connectivity index (χ0) is 17.6. The fourth-order valence-corrected chi connectivity index (χ4v) is 3.38. The molecule has 0 bridgehead atoms. The second kappa shape index (κ2) is 8.24. The number of aromatic nitrogens is 2. The van der Waals surface area contributed by atoms with Gasteiger partial charge in [-0.05, 0) is 0 Å². The summed E-state index contributed by atoms with van der Waals surface area (Å²) in [4.78, 5) is 32.0. The average molecular weight is 362 g/mol. The number of morpholine rings is 1. The van der Waals surface area contributed by atoms with Crippen LogP contribution in [0.25, 0.3) is 0 Å². The van der Waals surface area contributed by atoms with Gasteiger partial charge in [-0.25, -0.2) is 4.98 Å². The van der Waals surface area contributed by atoms with Crippen LogP contribution in [0.5, 0.6) is 0 Å². The minimum Gasteiger partial charge on any atom is -0.379 e. The van der Waals surface area contributed by atoms with Crippen LogP contribution in [0.1, 0.15) is 11.1 Å². The molecule has 1 aromatic carbocycles. The van der Waals surface area contributed by atoms with Crippen LogP contribution >= 0.6 is 11.8 Å². The number of nitro benzene ring substituents is 1. The number of hydrogen-bond acceptors (Lipinski definition) is 7. The van der Waals surface area contributed by atoms with Crippen LogP contribution < -0.4 is 5.56 Å². The summed E-state index contributed by atoms with van der Waals surface area (Å²) >= 11 is 1.27. The number of aromatic amines is 1. The predicted octanol–water partition coefficient (Wildman–Crippen LogP) is 1.80. The number of thioether (sulfide) groups is 1. The molecule has 0 radical (unpaired) electrons. The molecule has 0 amide bonds. The molecular weight excluding hydrogens is 344 g/mol. The van der Waals surface area contributed by atoms with E-state index in [1.54, 1.807) is 24.4 Å². The lowest BCUT2D eigenvalue weighted by molar-refractivity contribution is -0.385. The summed E-state index contributed by atoms with van der Waals surface area (Å²) in [6.07, 6.45) is 1.58. The van der Waals surface area contributed by atoms with Gasteiger partial charge in [-0.15, -0.1) is 0 Å². The minimum absolute atomic E-state index is 0.0706. The maximum absolute atomic E-state index is 12.2. The highest BCUT2D eigenvalue weighted by Crippen LogP contribution is 2.25. The molecule has 0 unspecified atom stereocenters. The molecule has 0 atom stereocenters. The SMILES string of the molecule is O=c1[nH]c(SCc2ccccc2[N+](=O)[O-])ncc1CN1CCOCC1. The number of ether oxygens (including phenoxy) is 1. The lowest BCUT2D eigenvalue weighted by Crippen LogP contribution is -2.37. The summed E-state index contributed by atoms with van der Waals surface area (Å²) < 4.78 is 5.29. The lowest BCUT2D eigenvalue weighted by Gasteiger charge is -2.26. The Kier molecular flexibility index (Phi) is 5.79. The molecule has 0 aliphatic carbocycles. The van der Waals surface area contributed by atoms with Gasteiger partial charge in [-0.1, -0.05) is 30.0 Å². The molecule has 1 aliphatic heterocycles. The van der Waals surface area contributed by atoms with Gasteiger partial charge in [-0.3, -0.25) is 19.8 Å². The number of rotatable bonds is 6. The maximum atomic E-state index is 12.2. The van der Waals surface area contributed by atoms with Gasteiger partial charge in [0, 0.05) is 48.8 Å². The van der Waals surface area contributed by atoms with E-state index in [0.29, 0.717) is 41.8 Å². The van der Waals surface area contributed by atoms with Crippen molar-refractivity contribution in [1.29, 1.82) is 0 Å². The molecule has 0 saturated carbocycles. The number of hydrogen-bond donors (Lipinski definition) is 1. The summed E-state index contributed by atoms with van der Waals surface area (Å²) in [7, 11) is 0. The number of nitrogens with zero attached hydrogens (tertiary/aromatic N) is 3. The van der Waals surface area contributed by atoms with E-state index in [4.69, 9.17) is 4.74 Å². The fraction of sp³-hybridized carbons (Fsp3) is 0.375. The molecule has 0 spiro atoms. The Morgan fingerprint density at radius 1 is 1.28 bits per heavy atom. The van der Waals surface area contributed by atoms with E-state index < -0.39 is 4.92 Å². The molecule has 8 nitrogen and oxygen atoms in total. The largest absolute Gasteiger partial charge is 0.379 e. The smallest absolute Gasteiger partial charge is 0.273 e. The normalized spacial score (nSPS) is 15.2. The highest BCUT2D eigenvalue weighted by molar-refractivity contribution is 7.98. The fourth-order valence-electron chi connectivity index (χ4n) is 2.55. The lowest BCUT2D eigenvalue weighted by atomic mass is 10.2. The van der Waals surface area contributed by atoms with Crippen molar-refractivity contribution in [1.82, 2.24) is 14.9 Å². The van der Waals surface area contributed by atoms with Crippen molar-refractivity contribution in [3.8, 4) is 0 Å². The second-order valence-electron chi connectivity index (χ2n) is 5.61. The highest BCUT2D eigenvalue weighted by atomic mass is 32.2. The van der Waals surface area contributed by atoms with Gasteiger partial charge in [0.15, 0.2) is 5.16 Å². The standard InChI is InChI=1S/C16H18N4O4S/c21-15-13(10-19-5-7-24-8-6-19)9-17-16(18-15)25-11-12-3-1-2-4-14(12)20(22)23/h1-4,9H,5-8,10-11H2,(H,17,18,21). The molecule has 132 valence electrons. The first-order valence-corrected chi connectivity index (χ1v) is 8.85. The summed E-state index contributed by atoms with van der Waals surface area (Å²) in [6, 6.07) is 6.56. The Balaban J connectivity index is 1.65. The molecule has 9 heteroatoms. The number of nitro groups is 1. The van der Waals surface area contributed by atoms with Gasteiger partial charge < -0.3 is 9.72 Å². The monoisotopic (exact) mass is 362 g/mol. The van der Waals surface area contributed by atoms with Crippen LogP contribution in [0, 0.1) is 10.1 Å². The summed E-state index contributed by atoms with van der Waals surface area (Å²) in [5.74, 6) is 0.364. The first-order valence-electron chi connectivity index (χ1n) is 7.87. The van der Waals surface area contributed by atoms with Crippen LogP contribution in [0.3, 0.4) is 0 Å². The van der Waals surface area contributed by atoms with Gasteiger partial charge in [0.05, 0.1) is 18.1 Å². The van der Waals surface area contributed by atoms with Crippen molar-refractivity contribution in [3.05, 3.63) is 62.1 Å². The zero-order valence-corrected chi connectivity index (χ0v) is 14.3. The van der Waals surface area contributed by atoms with Crippen molar-refractivity contribution >= 4 is 17.4 Å². The number of H-pyrrole nitrogens is 1. The van der Waals surface area contributed by atoms with Gasteiger partial charge in [-0.2, -0.15) is 0 Å². The molecule has 1 aliphatic rings. The Hall–Kier alpha value is -2.23. The van der Waals surface area contributed by atoms with Crippen LogP contribution in [0.4, 0.5) is 5.69 Å². The Bertz CT molecular complexity index is 805. The third kappa shape index (κ3) is 4.65. The van der Waals surface area contributed by atoms with E-state index in [-0.39, 0.29) is 11.2 Å². The molecule has 1 aromatic heterocycles. The third-order valence-electron chi connectivity index (χ3n) is 3.90. The molecular formula is C16H18N4O4S. The van der Waals surface area contributed by atoms with Crippen LogP contribution in [-0.2, 0) is 17.0 Å². The Labute approximate surface area is 148 Å². The maximum Gasteiger partial charge on any atom is 0.273 e. The van der Waals surface area contributed by atoms with Crippen molar-refractivity contribution < 1.29 is 9.66 Å². The van der Waals surface area contributed by atoms with E-state index in [0.717, 1.165) is 13.1 Å². The van der Waals surface area contributed by atoms with Crippen LogP contribution in [0.2, 0.25) is 0 Å². The van der Waals surface area contributed by atoms with E-state index >= 15 is 0 Å². The molecule has 3 rings (SSSR count). The van der Waals surface area contributed by atoms with E-state index in [9.17, 15) is 14.9 Å². The third-order valence-corrected chi connectivity index (χ3v) is 4.84. The highest BCUT2D eigenvalue weighted by Gasteiger charge is 2.15. The van der Waals surface area contributed by atoms with E-state index in [1.807, 2.05) is 0 Å². The Morgan fingerprint density at radius 2 is 2.04 bits per heavy atom. The van der Waals surface area contributed by atoms with Gasteiger partial charge in [0.1, 0.15) is 0 Å².